The van der Waals surface area contributed by atoms with Crippen LogP contribution in [0.1, 0.15) is 42.7 Å². The van der Waals surface area contributed by atoms with Crippen molar-refractivity contribution in [2.24, 2.45) is 7.05 Å². The number of ether oxygens (including phenoxy) is 1. The number of sulfone groups is 1. The maximum Gasteiger partial charge on any atom is 0.433 e. The first-order valence-electron chi connectivity index (χ1n) is 14.4. The summed E-state index contributed by atoms with van der Waals surface area (Å²) in [6, 6.07) is 12.2. The van der Waals surface area contributed by atoms with Crippen LogP contribution in [0.2, 0.25) is 0 Å². The summed E-state index contributed by atoms with van der Waals surface area (Å²) in [5.74, 6) is 0.755. The van der Waals surface area contributed by atoms with E-state index >= 15 is 0 Å². The largest absolute Gasteiger partial charge is 0.433 e. The molecule has 0 amide bonds. The van der Waals surface area contributed by atoms with Crippen LogP contribution in [0.3, 0.4) is 0 Å². The number of aromatic nitrogens is 5. The number of fused-ring (bicyclic) bond motifs is 1. The van der Waals surface area contributed by atoms with Crippen molar-refractivity contribution in [2.45, 2.75) is 50.4 Å². The van der Waals surface area contributed by atoms with Gasteiger partial charge in [-0.05, 0) is 69.0 Å². The van der Waals surface area contributed by atoms with Crippen molar-refractivity contribution in [3.8, 4) is 11.1 Å². The second kappa shape index (κ2) is 11.5. The Kier molecular flexibility index (Phi) is 7.81. The first-order valence-corrected chi connectivity index (χ1v) is 16.2. The Morgan fingerprint density at radius 1 is 0.956 bits per heavy atom. The lowest BCUT2D eigenvalue weighted by molar-refractivity contribution is -0.141. The van der Waals surface area contributed by atoms with E-state index in [4.69, 9.17) is 14.7 Å². The van der Waals surface area contributed by atoms with E-state index in [1.54, 1.807) is 18.2 Å². The minimum Gasteiger partial charge on any atom is -0.358 e. The normalized spacial score (nSPS) is 15.8. The number of alkyl halides is 3. The van der Waals surface area contributed by atoms with E-state index in [0.29, 0.717) is 35.0 Å². The molecule has 236 valence electrons. The predicted molar refractivity (Wildman–Crippen MR) is 166 cm³/mol. The first-order chi connectivity index (χ1) is 21.3. The van der Waals surface area contributed by atoms with E-state index in [-0.39, 0.29) is 22.8 Å². The fourth-order valence-corrected chi connectivity index (χ4v) is 6.42. The Morgan fingerprint density at radius 3 is 2.42 bits per heavy atom. The van der Waals surface area contributed by atoms with E-state index in [2.05, 4.69) is 15.6 Å². The maximum absolute atomic E-state index is 13.4. The summed E-state index contributed by atoms with van der Waals surface area (Å²) in [5.41, 5.74) is 3.18. The van der Waals surface area contributed by atoms with Crippen molar-refractivity contribution in [3.05, 3.63) is 71.9 Å². The zero-order chi connectivity index (χ0) is 32.1. The second-order valence-corrected chi connectivity index (χ2v) is 13.1. The van der Waals surface area contributed by atoms with Gasteiger partial charge in [0.2, 0.25) is 0 Å². The molecule has 1 atom stereocenters. The van der Waals surface area contributed by atoms with Crippen molar-refractivity contribution >= 4 is 44.0 Å². The van der Waals surface area contributed by atoms with Crippen LogP contribution in [0.15, 0.2) is 59.6 Å². The average Bonchev–Trinajstić information content (AvgIpc) is 3.50. The van der Waals surface area contributed by atoms with Crippen LogP contribution < -0.4 is 10.6 Å². The number of hydrogen-bond acceptors (Lipinski definition) is 8. The van der Waals surface area contributed by atoms with Gasteiger partial charge in [-0.1, -0.05) is 12.1 Å². The summed E-state index contributed by atoms with van der Waals surface area (Å²) in [4.78, 5) is 13.3. The van der Waals surface area contributed by atoms with Gasteiger partial charge in [0.15, 0.2) is 15.5 Å². The molecular weight excluding hydrogens is 607 g/mol. The minimum absolute atomic E-state index is 0.0567. The molecule has 4 aromatic heterocycles. The molecule has 0 aliphatic carbocycles. The maximum atomic E-state index is 13.4. The van der Waals surface area contributed by atoms with Crippen LogP contribution in [0.4, 0.5) is 36.2 Å². The van der Waals surface area contributed by atoms with Crippen LogP contribution in [0.25, 0.3) is 22.3 Å². The fourth-order valence-electron chi connectivity index (χ4n) is 5.56. The molecule has 0 saturated carbocycles. The Hall–Kier alpha value is -4.43. The van der Waals surface area contributed by atoms with E-state index < -0.39 is 21.7 Å². The zero-order valence-electron chi connectivity index (χ0n) is 25.1. The number of rotatable bonds is 7. The highest BCUT2D eigenvalue weighted by Crippen LogP contribution is 2.37. The van der Waals surface area contributed by atoms with Crippen LogP contribution in [0, 0.1) is 13.8 Å². The number of imidazole rings is 1. The van der Waals surface area contributed by atoms with Crippen LogP contribution in [-0.4, -0.2) is 45.4 Å². The van der Waals surface area contributed by atoms with Gasteiger partial charge in [-0.2, -0.15) is 13.2 Å². The smallest absolute Gasteiger partial charge is 0.358 e. The highest BCUT2D eigenvalue weighted by molar-refractivity contribution is 7.90. The SMILES string of the molecule is Cc1c(-c2ccc(Nc3cc(Nc4cccc(C(F)(F)F)n4)nc4c3nc(C)n4C3CCCCO3)c(S(C)(=O)=O)c2)ccn1C. The van der Waals surface area contributed by atoms with Crippen LogP contribution in [-0.2, 0) is 27.8 Å². The third kappa shape index (κ3) is 6.12. The highest BCUT2D eigenvalue weighted by Gasteiger charge is 2.32. The van der Waals surface area contributed by atoms with E-state index in [1.165, 1.54) is 12.1 Å². The van der Waals surface area contributed by atoms with Crippen molar-refractivity contribution in [1.82, 2.24) is 24.1 Å². The van der Waals surface area contributed by atoms with Gasteiger partial charge in [0, 0.05) is 43.4 Å². The number of hydrogen-bond donors (Lipinski definition) is 2. The van der Waals surface area contributed by atoms with Gasteiger partial charge in [-0.3, -0.25) is 4.57 Å². The third-order valence-corrected chi connectivity index (χ3v) is 9.05. The molecule has 1 fully saturated rings. The molecule has 5 aromatic rings. The molecule has 1 unspecified atom stereocenters. The van der Waals surface area contributed by atoms with Gasteiger partial charge >= 0.3 is 6.18 Å². The van der Waals surface area contributed by atoms with Crippen molar-refractivity contribution in [1.29, 1.82) is 0 Å². The lowest BCUT2D eigenvalue weighted by Crippen LogP contribution is -2.19. The standard InChI is InChI=1S/C31H32F3N7O3S/c1-18-21(13-14-40(18)3)20-11-12-22(24(16-20)45(4,42)43)36-23-17-27(38-26-9-7-8-25(37-26)31(32,33)34)39-30-29(23)35-19(2)41(30)28-10-5-6-15-44-28/h7-9,11-14,16-17,28H,5-6,10,15H2,1-4H3,(H2,36,37,38,39). The monoisotopic (exact) mass is 639 g/mol. The number of anilines is 4. The number of benzene rings is 1. The molecule has 0 radical (unpaired) electrons. The number of halogens is 3. The average molecular weight is 640 g/mol. The predicted octanol–water partition coefficient (Wildman–Crippen LogP) is 7.06. The van der Waals surface area contributed by atoms with Gasteiger partial charge in [0.1, 0.15) is 34.9 Å². The third-order valence-electron chi connectivity index (χ3n) is 7.91. The quantitative estimate of drug-likeness (QED) is 0.195. The summed E-state index contributed by atoms with van der Waals surface area (Å²) < 4.78 is 76.1. The Morgan fingerprint density at radius 2 is 1.76 bits per heavy atom. The molecule has 45 heavy (non-hydrogen) atoms. The Labute approximate surface area is 258 Å². The molecule has 1 aliphatic heterocycles. The highest BCUT2D eigenvalue weighted by atomic mass is 32.2. The molecule has 5 heterocycles. The molecule has 1 aliphatic rings. The molecule has 10 nitrogen and oxygen atoms in total. The number of nitrogens with zero attached hydrogens (tertiary/aromatic N) is 5. The minimum atomic E-state index is -4.62. The van der Waals surface area contributed by atoms with Crippen molar-refractivity contribution < 1.29 is 26.3 Å². The molecule has 1 saturated heterocycles. The molecule has 0 bridgehead atoms. The summed E-state index contributed by atoms with van der Waals surface area (Å²) in [6.07, 6.45) is 0.723. The molecule has 0 spiro atoms. The van der Waals surface area contributed by atoms with Crippen molar-refractivity contribution in [2.75, 3.05) is 23.5 Å². The lowest BCUT2D eigenvalue weighted by Gasteiger charge is -2.25. The second-order valence-electron chi connectivity index (χ2n) is 11.1. The van der Waals surface area contributed by atoms with E-state index in [1.807, 2.05) is 48.4 Å². The Balaban J connectivity index is 1.48. The van der Waals surface area contributed by atoms with Crippen molar-refractivity contribution in [3.63, 3.8) is 0 Å². The zero-order valence-corrected chi connectivity index (χ0v) is 25.9. The lowest BCUT2D eigenvalue weighted by atomic mass is 10.1. The molecular formula is C31H32F3N7O3S. The summed E-state index contributed by atoms with van der Waals surface area (Å²) in [7, 11) is -1.79. The van der Waals surface area contributed by atoms with Crippen LogP contribution in [0.5, 0.6) is 0 Å². The summed E-state index contributed by atoms with van der Waals surface area (Å²) in [5, 5.41) is 6.14. The summed E-state index contributed by atoms with van der Waals surface area (Å²) in [6.45, 7) is 4.35. The van der Waals surface area contributed by atoms with E-state index in [0.717, 1.165) is 48.4 Å². The van der Waals surface area contributed by atoms with Crippen LogP contribution >= 0.6 is 0 Å². The van der Waals surface area contributed by atoms with Gasteiger partial charge in [-0.15, -0.1) is 0 Å². The topological polar surface area (TPSA) is 116 Å². The van der Waals surface area contributed by atoms with Gasteiger partial charge < -0.3 is 19.9 Å². The molecule has 1 aromatic carbocycles. The first kappa shape index (κ1) is 30.6. The van der Waals surface area contributed by atoms with Gasteiger partial charge in [0.25, 0.3) is 0 Å². The number of nitrogens with one attached hydrogen (secondary N) is 2. The number of pyridine rings is 2. The molecule has 2 N–H and O–H groups in total. The van der Waals surface area contributed by atoms with E-state index in [9.17, 15) is 21.6 Å². The Bertz CT molecular complexity index is 2010. The molecule has 14 heteroatoms. The van der Waals surface area contributed by atoms with Gasteiger partial charge in [0.05, 0.1) is 16.3 Å². The number of aryl methyl sites for hydroxylation is 2. The fraction of sp³-hybridized carbons (Fsp3) is 0.323. The molecule has 6 rings (SSSR count). The summed E-state index contributed by atoms with van der Waals surface area (Å²) >= 11 is 0. The van der Waals surface area contributed by atoms with Gasteiger partial charge in [-0.25, -0.2) is 23.4 Å².